The minimum absolute atomic E-state index is 0.0970. The molecule has 0 spiro atoms. The number of hydrogen-bond donors (Lipinski definition) is 4. The molecule has 0 saturated carbocycles. The standard InChI is InChI=1S/C19H24N8O2/c20-18(21)26-24-12-14-4-1-6-16(10-14)28-8-3-9-29-17-7-2-5-15(11-17)13-25-27-19(22)23/h1-2,4-7,10-13H,3,8-9H2,(H4,20,21,26)(H4,22,23,27)/b24-12+,25-13+. The number of nitrogens with zero attached hydrogens (tertiary/aromatic N) is 4. The van der Waals surface area contributed by atoms with Crippen molar-refractivity contribution in [2.75, 3.05) is 13.2 Å². The van der Waals surface area contributed by atoms with E-state index in [4.69, 9.17) is 32.4 Å². The lowest BCUT2D eigenvalue weighted by molar-refractivity contribution is 0.247. The monoisotopic (exact) mass is 396 g/mol. The molecule has 0 aliphatic heterocycles. The molecule has 0 aliphatic carbocycles. The van der Waals surface area contributed by atoms with Gasteiger partial charge in [0.2, 0.25) is 11.9 Å². The first-order valence-electron chi connectivity index (χ1n) is 8.72. The number of hydrogen-bond acceptors (Lipinski definition) is 6. The molecule has 2 rings (SSSR count). The van der Waals surface area contributed by atoms with Crippen molar-refractivity contribution in [1.82, 2.24) is 0 Å². The second-order valence-electron chi connectivity index (χ2n) is 5.73. The third-order valence-corrected chi connectivity index (χ3v) is 3.30. The Bertz CT molecular complexity index is 827. The van der Waals surface area contributed by atoms with E-state index in [1.165, 1.54) is 0 Å². The van der Waals surface area contributed by atoms with Crippen LogP contribution in [0.5, 0.6) is 11.5 Å². The van der Waals surface area contributed by atoms with Gasteiger partial charge in [-0.25, -0.2) is 0 Å². The molecule has 0 bridgehead atoms. The van der Waals surface area contributed by atoms with Crippen molar-refractivity contribution >= 4 is 24.3 Å². The van der Waals surface area contributed by atoms with Gasteiger partial charge in [-0.05, 0) is 35.4 Å². The largest absolute Gasteiger partial charge is 0.493 e. The molecular formula is C19H24N8O2. The predicted molar refractivity (Wildman–Crippen MR) is 115 cm³/mol. The van der Waals surface area contributed by atoms with Crippen molar-refractivity contribution < 1.29 is 9.47 Å². The molecule has 0 unspecified atom stereocenters. The molecule has 10 nitrogen and oxygen atoms in total. The molecule has 2 aromatic carbocycles. The summed E-state index contributed by atoms with van der Waals surface area (Å²) < 4.78 is 11.4. The summed E-state index contributed by atoms with van der Waals surface area (Å²) in [6.45, 7) is 1.00. The van der Waals surface area contributed by atoms with Crippen LogP contribution in [0.2, 0.25) is 0 Å². The van der Waals surface area contributed by atoms with Crippen LogP contribution in [0.25, 0.3) is 0 Å². The molecule has 29 heavy (non-hydrogen) atoms. The van der Waals surface area contributed by atoms with Gasteiger partial charge >= 0.3 is 0 Å². The van der Waals surface area contributed by atoms with Crippen LogP contribution in [0, 0.1) is 0 Å². The summed E-state index contributed by atoms with van der Waals surface area (Å²) in [6.07, 6.45) is 3.79. The van der Waals surface area contributed by atoms with Gasteiger partial charge in [-0.3, -0.25) is 0 Å². The number of nitrogens with two attached hydrogens (primary N) is 4. The highest BCUT2D eigenvalue weighted by atomic mass is 16.5. The summed E-state index contributed by atoms with van der Waals surface area (Å²) in [5.41, 5.74) is 22.5. The van der Waals surface area contributed by atoms with Crippen LogP contribution in [0.4, 0.5) is 0 Å². The van der Waals surface area contributed by atoms with Gasteiger partial charge in [0.1, 0.15) is 11.5 Å². The Labute approximate surface area is 168 Å². The van der Waals surface area contributed by atoms with Crippen LogP contribution in [0.1, 0.15) is 17.5 Å². The van der Waals surface area contributed by atoms with Crippen LogP contribution in [-0.2, 0) is 0 Å². The Hall–Kier alpha value is -4.08. The van der Waals surface area contributed by atoms with Crippen molar-refractivity contribution in [3.63, 3.8) is 0 Å². The zero-order chi connectivity index (χ0) is 20.9. The highest BCUT2D eigenvalue weighted by Crippen LogP contribution is 2.14. The predicted octanol–water partition coefficient (Wildman–Crippen LogP) is 0.749. The van der Waals surface area contributed by atoms with Gasteiger partial charge in [-0.15, -0.1) is 10.2 Å². The summed E-state index contributed by atoms with van der Waals surface area (Å²) in [5, 5.41) is 14.6. The van der Waals surface area contributed by atoms with Gasteiger partial charge in [0.25, 0.3) is 0 Å². The van der Waals surface area contributed by atoms with Gasteiger partial charge in [0.15, 0.2) is 0 Å². The molecular weight excluding hydrogens is 372 g/mol. The zero-order valence-electron chi connectivity index (χ0n) is 15.8. The Morgan fingerprint density at radius 3 is 1.59 bits per heavy atom. The molecule has 10 heteroatoms. The van der Waals surface area contributed by atoms with Crippen LogP contribution < -0.4 is 32.4 Å². The van der Waals surface area contributed by atoms with Gasteiger partial charge in [0, 0.05) is 6.42 Å². The lowest BCUT2D eigenvalue weighted by Gasteiger charge is -2.09. The fourth-order valence-corrected chi connectivity index (χ4v) is 2.13. The molecule has 0 saturated heterocycles. The number of ether oxygens (including phenoxy) is 2. The first-order valence-corrected chi connectivity index (χ1v) is 8.72. The number of rotatable bonds is 10. The fourth-order valence-electron chi connectivity index (χ4n) is 2.13. The molecule has 0 aliphatic rings. The average molecular weight is 396 g/mol. The molecule has 0 aromatic heterocycles. The van der Waals surface area contributed by atoms with Gasteiger partial charge in [0.05, 0.1) is 25.6 Å². The van der Waals surface area contributed by atoms with Gasteiger partial charge < -0.3 is 32.4 Å². The normalized spacial score (nSPS) is 10.8. The second-order valence-corrected chi connectivity index (χ2v) is 5.73. The van der Waals surface area contributed by atoms with E-state index in [9.17, 15) is 0 Å². The van der Waals surface area contributed by atoms with Crippen LogP contribution in [0.3, 0.4) is 0 Å². The maximum atomic E-state index is 5.72. The van der Waals surface area contributed by atoms with E-state index in [-0.39, 0.29) is 11.9 Å². The third-order valence-electron chi connectivity index (χ3n) is 3.30. The third kappa shape index (κ3) is 8.91. The highest BCUT2D eigenvalue weighted by Gasteiger charge is 1.98. The minimum Gasteiger partial charge on any atom is -0.493 e. The lowest BCUT2D eigenvalue weighted by atomic mass is 10.2. The van der Waals surface area contributed by atoms with Crippen molar-refractivity contribution in [3.05, 3.63) is 59.7 Å². The highest BCUT2D eigenvalue weighted by molar-refractivity contribution is 5.82. The quantitative estimate of drug-likeness (QED) is 0.200. The fraction of sp³-hybridized carbons (Fsp3) is 0.158. The maximum absolute atomic E-state index is 5.72. The molecule has 0 atom stereocenters. The summed E-state index contributed by atoms with van der Waals surface area (Å²) in [4.78, 5) is 0. The SMILES string of the molecule is NC(N)=N/N=C/c1cccc(OCCCOc2cccc(/C=N/N=C(N)N)c2)c1. The topological polar surface area (TPSA) is 172 Å². The van der Waals surface area contributed by atoms with Crippen molar-refractivity contribution in [2.45, 2.75) is 6.42 Å². The summed E-state index contributed by atoms with van der Waals surface area (Å²) in [7, 11) is 0. The van der Waals surface area contributed by atoms with E-state index >= 15 is 0 Å². The van der Waals surface area contributed by atoms with Crippen LogP contribution in [-0.4, -0.2) is 37.6 Å². The van der Waals surface area contributed by atoms with E-state index in [1.54, 1.807) is 12.4 Å². The average Bonchev–Trinajstić information content (AvgIpc) is 2.68. The molecule has 0 fully saturated rings. The maximum Gasteiger partial charge on any atom is 0.211 e. The van der Waals surface area contributed by atoms with Gasteiger partial charge in [-0.2, -0.15) is 10.2 Å². The van der Waals surface area contributed by atoms with E-state index < -0.39 is 0 Å². The first-order chi connectivity index (χ1) is 14.0. The summed E-state index contributed by atoms with van der Waals surface area (Å²) >= 11 is 0. The Morgan fingerprint density at radius 2 is 1.17 bits per heavy atom. The smallest absolute Gasteiger partial charge is 0.211 e. The van der Waals surface area contributed by atoms with Gasteiger partial charge in [-0.1, -0.05) is 24.3 Å². The van der Waals surface area contributed by atoms with Crippen molar-refractivity contribution in [3.8, 4) is 11.5 Å². The second kappa shape index (κ2) is 11.6. The molecule has 0 heterocycles. The molecule has 8 N–H and O–H groups in total. The molecule has 2 aromatic rings. The minimum atomic E-state index is -0.0970. The molecule has 152 valence electrons. The van der Waals surface area contributed by atoms with E-state index in [1.807, 2.05) is 48.5 Å². The molecule has 0 radical (unpaired) electrons. The number of guanidine groups is 2. The van der Waals surface area contributed by atoms with E-state index in [0.717, 1.165) is 22.6 Å². The Morgan fingerprint density at radius 1 is 0.724 bits per heavy atom. The van der Waals surface area contributed by atoms with E-state index in [2.05, 4.69) is 20.4 Å². The first kappa shape index (κ1) is 21.2. The van der Waals surface area contributed by atoms with Crippen LogP contribution in [0.15, 0.2) is 68.9 Å². The summed E-state index contributed by atoms with van der Waals surface area (Å²) in [6, 6.07) is 14.8. The Kier molecular flexibility index (Phi) is 8.49. The molecule has 0 amide bonds. The van der Waals surface area contributed by atoms with Crippen molar-refractivity contribution in [2.24, 2.45) is 43.3 Å². The number of benzene rings is 2. The van der Waals surface area contributed by atoms with Crippen molar-refractivity contribution in [1.29, 1.82) is 0 Å². The lowest BCUT2D eigenvalue weighted by Crippen LogP contribution is -2.21. The van der Waals surface area contributed by atoms with Crippen LogP contribution >= 0.6 is 0 Å². The van der Waals surface area contributed by atoms with E-state index in [0.29, 0.717) is 19.6 Å². The zero-order valence-corrected chi connectivity index (χ0v) is 15.8. The summed E-state index contributed by atoms with van der Waals surface area (Å²) in [5.74, 6) is 1.24. The Balaban J connectivity index is 1.76.